The normalized spacial score (nSPS) is 14.7. The van der Waals surface area contributed by atoms with Crippen LogP contribution in [-0.2, 0) is 10.2 Å². The fraction of sp³-hybridized carbons (Fsp3) is 0.320. The Bertz CT molecular complexity index is 1080. The second kappa shape index (κ2) is 9.57. The number of aromatic nitrogens is 2. The lowest BCUT2D eigenvalue weighted by Gasteiger charge is -2.28. The molecule has 0 atom stereocenters. The molecule has 0 saturated heterocycles. The quantitative estimate of drug-likeness (QED) is 0.408. The molecule has 1 saturated carbocycles. The van der Waals surface area contributed by atoms with E-state index in [4.69, 9.17) is 11.6 Å². The van der Waals surface area contributed by atoms with E-state index >= 15 is 0 Å². The number of anilines is 4. The Morgan fingerprint density at radius 2 is 1.66 bits per heavy atom. The fourth-order valence-corrected chi connectivity index (χ4v) is 4.43. The summed E-state index contributed by atoms with van der Waals surface area (Å²) in [6.45, 7) is 4.70. The van der Waals surface area contributed by atoms with Gasteiger partial charge in [-0.3, -0.25) is 4.79 Å². The number of nitrogens with zero attached hydrogens (tertiary/aromatic N) is 2. The van der Waals surface area contributed by atoms with Crippen LogP contribution in [0.3, 0.4) is 0 Å². The van der Waals surface area contributed by atoms with E-state index in [2.05, 4.69) is 25.9 Å². The number of halogens is 1. The van der Waals surface area contributed by atoms with Crippen molar-refractivity contribution in [1.82, 2.24) is 9.97 Å². The molecule has 166 valence electrons. The fourth-order valence-electron chi connectivity index (χ4n) is 4.30. The molecule has 3 aromatic rings. The molecule has 3 N–H and O–H groups in total. The highest BCUT2D eigenvalue weighted by atomic mass is 35.5. The van der Waals surface area contributed by atoms with E-state index in [9.17, 15) is 4.79 Å². The number of nitrogens with one attached hydrogen (secondary N) is 3. The van der Waals surface area contributed by atoms with Gasteiger partial charge < -0.3 is 16.0 Å². The first-order chi connectivity index (χ1) is 15.5. The molecule has 1 aliphatic rings. The summed E-state index contributed by atoms with van der Waals surface area (Å²) in [6, 6.07) is 17.3. The minimum absolute atomic E-state index is 0.0414. The van der Waals surface area contributed by atoms with Crippen molar-refractivity contribution in [1.29, 1.82) is 0 Å². The summed E-state index contributed by atoms with van der Waals surface area (Å²) in [6.07, 6.45) is 3.79. The molecule has 1 fully saturated rings. The van der Waals surface area contributed by atoms with E-state index in [1.807, 2.05) is 68.4 Å². The molecule has 0 unspecified atom stereocenters. The lowest BCUT2D eigenvalue weighted by molar-refractivity contribution is -0.121. The zero-order valence-electron chi connectivity index (χ0n) is 18.4. The van der Waals surface area contributed by atoms with Gasteiger partial charge >= 0.3 is 0 Å². The second-order valence-corrected chi connectivity index (χ2v) is 8.64. The van der Waals surface area contributed by atoms with Crippen molar-refractivity contribution < 1.29 is 4.79 Å². The number of hydrogen-bond acceptors (Lipinski definition) is 5. The zero-order valence-corrected chi connectivity index (χ0v) is 19.2. The Kier molecular flexibility index (Phi) is 6.61. The standard InChI is InChI=1S/C25H28ClN5O/c1-3-27-24-28-17(2)16-22(31-24)29-20-10-12-21(13-11-20)30-23(32)25(14-4-5-15-25)18-6-8-19(26)9-7-18/h6-13,16H,3-5,14-15H2,1-2H3,(H,30,32)(H2,27,28,29,31). The molecular formula is C25H28ClN5O. The highest BCUT2D eigenvalue weighted by molar-refractivity contribution is 6.30. The van der Waals surface area contributed by atoms with Crippen molar-refractivity contribution in [2.75, 3.05) is 22.5 Å². The Balaban J connectivity index is 1.47. The van der Waals surface area contributed by atoms with Crippen LogP contribution in [0.2, 0.25) is 5.02 Å². The smallest absolute Gasteiger partial charge is 0.235 e. The van der Waals surface area contributed by atoms with Crippen molar-refractivity contribution in [3.05, 3.63) is 70.9 Å². The molecule has 6 nitrogen and oxygen atoms in total. The average Bonchev–Trinajstić information content (AvgIpc) is 3.27. The van der Waals surface area contributed by atoms with Crippen LogP contribution in [0.4, 0.5) is 23.1 Å². The zero-order chi connectivity index (χ0) is 22.6. The molecular weight excluding hydrogens is 422 g/mol. The van der Waals surface area contributed by atoms with Gasteiger partial charge in [0.15, 0.2) is 0 Å². The first kappa shape index (κ1) is 22.1. The maximum absolute atomic E-state index is 13.4. The third kappa shape index (κ3) is 4.86. The van der Waals surface area contributed by atoms with Crippen molar-refractivity contribution in [2.45, 2.75) is 44.9 Å². The summed E-state index contributed by atoms with van der Waals surface area (Å²) in [4.78, 5) is 22.2. The Morgan fingerprint density at radius 3 is 2.31 bits per heavy atom. The molecule has 7 heteroatoms. The third-order valence-corrected chi connectivity index (χ3v) is 6.14. The minimum Gasteiger partial charge on any atom is -0.354 e. The van der Waals surface area contributed by atoms with E-state index < -0.39 is 5.41 Å². The predicted octanol–water partition coefficient (Wildman–Crippen LogP) is 6.06. The van der Waals surface area contributed by atoms with Gasteiger partial charge in [0.2, 0.25) is 11.9 Å². The summed E-state index contributed by atoms with van der Waals surface area (Å²) in [5.74, 6) is 1.36. The van der Waals surface area contributed by atoms with Gasteiger partial charge in [-0.25, -0.2) is 4.98 Å². The maximum atomic E-state index is 13.4. The molecule has 1 aliphatic carbocycles. The van der Waals surface area contributed by atoms with Crippen LogP contribution < -0.4 is 16.0 Å². The van der Waals surface area contributed by atoms with Crippen molar-refractivity contribution in [3.8, 4) is 0 Å². The predicted molar refractivity (Wildman–Crippen MR) is 131 cm³/mol. The minimum atomic E-state index is -0.497. The summed E-state index contributed by atoms with van der Waals surface area (Å²) < 4.78 is 0. The molecule has 1 amide bonds. The van der Waals surface area contributed by atoms with Gasteiger partial charge in [0.25, 0.3) is 0 Å². The number of carbonyl (C=O) groups is 1. The van der Waals surface area contributed by atoms with Crippen LogP contribution in [0.15, 0.2) is 54.6 Å². The van der Waals surface area contributed by atoms with Crippen LogP contribution in [0.25, 0.3) is 0 Å². The number of aryl methyl sites for hydroxylation is 1. The van der Waals surface area contributed by atoms with Gasteiger partial charge in [-0.15, -0.1) is 0 Å². The Hall–Kier alpha value is -3.12. The molecule has 4 rings (SSSR count). The first-order valence-corrected chi connectivity index (χ1v) is 11.4. The molecule has 0 radical (unpaired) electrons. The third-order valence-electron chi connectivity index (χ3n) is 5.89. The molecule has 0 spiro atoms. The van der Waals surface area contributed by atoms with Crippen molar-refractivity contribution >= 4 is 40.6 Å². The van der Waals surface area contributed by atoms with Crippen LogP contribution in [0, 0.1) is 6.92 Å². The number of rotatable bonds is 7. The summed E-state index contributed by atoms with van der Waals surface area (Å²) in [5, 5.41) is 10.2. The van der Waals surface area contributed by atoms with Gasteiger partial charge in [0.05, 0.1) is 5.41 Å². The second-order valence-electron chi connectivity index (χ2n) is 8.20. The van der Waals surface area contributed by atoms with E-state index in [1.165, 1.54) is 0 Å². The summed E-state index contributed by atoms with van der Waals surface area (Å²) >= 11 is 6.06. The number of hydrogen-bond donors (Lipinski definition) is 3. The van der Waals surface area contributed by atoms with Gasteiger partial charge in [-0.05, 0) is 68.7 Å². The van der Waals surface area contributed by atoms with Crippen LogP contribution in [0.1, 0.15) is 43.9 Å². The monoisotopic (exact) mass is 449 g/mol. The topological polar surface area (TPSA) is 78.9 Å². The Labute approximate surface area is 193 Å². The van der Waals surface area contributed by atoms with E-state index in [-0.39, 0.29) is 5.91 Å². The SMILES string of the molecule is CCNc1nc(C)cc(Nc2ccc(NC(=O)C3(c4ccc(Cl)cc4)CCCC3)cc2)n1. The summed E-state index contributed by atoms with van der Waals surface area (Å²) in [5.41, 5.74) is 3.07. The summed E-state index contributed by atoms with van der Waals surface area (Å²) in [7, 11) is 0. The lowest BCUT2D eigenvalue weighted by atomic mass is 9.78. The molecule has 1 heterocycles. The van der Waals surface area contributed by atoms with E-state index in [0.29, 0.717) is 11.0 Å². The number of benzene rings is 2. The average molecular weight is 450 g/mol. The largest absolute Gasteiger partial charge is 0.354 e. The number of carbonyl (C=O) groups excluding carboxylic acids is 1. The van der Waals surface area contributed by atoms with Crippen LogP contribution in [-0.4, -0.2) is 22.4 Å². The van der Waals surface area contributed by atoms with Crippen molar-refractivity contribution in [2.24, 2.45) is 0 Å². The van der Waals surface area contributed by atoms with Gasteiger partial charge in [0.1, 0.15) is 5.82 Å². The van der Waals surface area contributed by atoms with E-state index in [0.717, 1.165) is 60.7 Å². The highest BCUT2D eigenvalue weighted by Crippen LogP contribution is 2.42. The van der Waals surface area contributed by atoms with Crippen molar-refractivity contribution in [3.63, 3.8) is 0 Å². The van der Waals surface area contributed by atoms with Gasteiger partial charge in [0, 0.05) is 34.7 Å². The van der Waals surface area contributed by atoms with Crippen LogP contribution >= 0.6 is 11.6 Å². The van der Waals surface area contributed by atoms with Gasteiger partial charge in [-0.2, -0.15) is 4.98 Å². The molecule has 1 aromatic heterocycles. The van der Waals surface area contributed by atoms with Crippen LogP contribution in [0.5, 0.6) is 0 Å². The highest BCUT2D eigenvalue weighted by Gasteiger charge is 2.42. The maximum Gasteiger partial charge on any atom is 0.235 e. The van der Waals surface area contributed by atoms with E-state index in [1.54, 1.807) is 0 Å². The molecule has 0 aliphatic heterocycles. The molecule has 32 heavy (non-hydrogen) atoms. The molecule has 2 aromatic carbocycles. The Morgan fingerprint density at radius 1 is 1.00 bits per heavy atom. The first-order valence-electron chi connectivity index (χ1n) is 11.0. The number of amides is 1. The molecule has 0 bridgehead atoms. The van der Waals surface area contributed by atoms with Gasteiger partial charge in [-0.1, -0.05) is 36.6 Å². The lowest BCUT2D eigenvalue weighted by Crippen LogP contribution is -2.37.